The molecular formula is C14H10NO4-. The quantitative estimate of drug-likeness (QED) is 0.874. The second kappa shape index (κ2) is 5.22. The molecule has 0 fully saturated rings. The summed E-state index contributed by atoms with van der Waals surface area (Å²) in [7, 11) is 0. The summed E-state index contributed by atoms with van der Waals surface area (Å²) in [5.74, 6) is -1.86. The van der Waals surface area contributed by atoms with E-state index >= 15 is 0 Å². The minimum atomic E-state index is -1.17. The van der Waals surface area contributed by atoms with Crippen LogP contribution in [0, 0.1) is 0 Å². The number of hydrogen-bond acceptors (Lipinski definition) is 3. The maximum atomic E-state index is 12.0. The van der Waals surface area contributed by atoms with Crippen LogP contribution in [0.1, 0.15) is 20.7 Å². The number of carbonyl (C=O) groups excluding carboxylic acids is 1. The van der Waals surface area contributed by atoms with Gasteiger partial charge in [0.2, 0.25) is 0 Å². The number of carboxylic acids is 1. The van der Waals surface area contributed by atoms with E-state index in [1.54, 1.807) is 12.1 Å². The first-order chi connectivity index (χ1) is 9.08. The molecule has 2 rings (SSSR count). The van der Waals surface area contributed by atoms with E-state index < -0.39 is 11.9 Å². The Morgan fingerprint density at radius 3 is 2.11 bits per heavy atom. The summed E-state index contributed by atoms with van der Waals surface area (Å²) < 4.78 is 0. The van der Waals surface area contributed by atoms with Crippen molar-refractivity contribution in [1.82, 2.24) is 0 Å². The summed E-state index contributed by atoms with van der Waals surface area (Å²) in [5.41, 5.74) is 0.437. The van der Waals surface area contributed by atoms with Gasteiger partial charge in [-0.05, 0) is 24.3 Å². The first kappa shape index (κ1) is 12.6. The monoisotopic (exact) mass is 256 g/mol. The van der Waals surface area contributed by atoms with E-state index in [1.807, 2.05) is 0 Å². The normalized spacial score (nSPS) is 9.89. The van der Waals surface area contributed by atoms with Gasteiger partial charge in [-0.25, -0.2) is 4.79 Å². The van der Waals surface area contributed by atoms with Gasteiger partial charge in [0.15, 0.2) is 0 Å². The third kappa shape index (κ3) is 2.90. The zero-order valence-electron chi connectivity index (χ0n) is 9.79. The Balaban J connectivity index is 2.25. The Labute approximate surface area is 109 Å². The lowest BCUT2D eigenvalue weighted by Gasteiger charge is -2.09. The minimum absolute atomic E-state index is 0.0690. The predicted molar refractivity (Wildman–Crippen MR) is 67.2 cm³/mol. The molecule has 0 aromatic heterocycles. The molecule has 0 saturated carbocycles. The van der Waals surface area contributed by atoms with Crippen LogP contribution in [-0.4, -0.2) is 17.0 Å². The van der Waals surface area contributed by atoms with E-state index in [0.717, 1.165) is 0 Å². The molecule has 0 spiro atoms. The molecule has 5 nitrogen and oxygen atoms in total. The van der Waals surface area contributed by atoms with Crippen molar-refractivity contribution in [2.45, 2.75) is 0 Å². The van der Waals surface area contributed by atoms with E-state index in [-0.39, 0.29) is 16.9 Å². The van der Waals surface area contributed by atoms with Gasteiger partial charge >= 0.3 is 5.97 Å². The predicted octanol–water partition coefficient (Wildman–Crippen LogP) is 1.71. The standard InChI is InChI=1S/C14H11NO4/c16-10-7-5-9(6-8-10)15-13(17)11-3-1-2-4-12(11)14(18)19/h1-8,16H,(H,15,17)(H,18,19)/p-1. The SMILES string of the molecule is O=C(O)c1ccccc1C(=O)Nc1ccc([O-])cc1. The molecular weight excluding hydrogens is 246 g/mol. The molecule has 0 bridgehead atoms. The van der Waals surface area contributed by atoms with Crippen LogP contribution in [-0.2, 0) is 0 Å². The van der Waals surface area contributed by atoms with Gasteiger partial charge in [-0.1, -0.05) is 24.3 Å². The van der Waals surface area contributed by atoms with Crippen LogP contribution in [0.4, 0.5) is 5.69 Å². The summed E-state index contributed by atoms with van der Waals surface area (Å²) in [6.07, 6.45) is 0. The molecule has 0 aliphatic carbocycles. The van der Waals surface area contributed by atoms with Gasteiger partial charge in [0.25, 0.3) is 5.91 Å². The number of carboxylic acid groups (broad SMARTS) is 1. The fourth-order valence-corrected chi connectivity index (χ4v) is 1.60. The first-order valence-electron chi connectivity index (χ1n) is 5.48. The molecule has 2 N–H and O–H groups in total. The Kier molecular flexibility index (Phi) is 3.47. The highest BCUT2D eigenvalue weighted by Crippen LogP contribution is 2.15. The van der Waals surface area contributed by atoms with Crippen LogP contribution < -0.4 is 10.4 Å². The molecule has 2 aromatic carbocycles. The van der Waals surface area contributed by atoms with Gasteiger partial charge < -0.3 is 15.5 Å². The van der Waals surface area contributed by atoms with Crippen molar-refractivity contribution in [1.29, 1.82) is 0 Å². The number of amides is 1. The van der Waals surface area contributed by atoms with Crippen molar-refractivity contribution in [3.8, 4) is 5.75 Å². The summed E-state index contributed by atoms with van der Waals surface area (Å²) in [4.78, 5) is 23.0. The molecule has 0 atom stereocenters. The molecule has 0 heterocycles. The first-order valence-corrected chi connectivity index (χ1v) is 5.48. The Morgan fingerprint density at radius 1 is 0.947 bits per heavy atom. The maximum absolute atomic E-state index is 12.0. The summed E-state index contributed by atoms with van der Waals surface area (Å²) in [5, 5.41) is 22.5. The molecule has 0 saturated heterocycles. The molecule has 5 heteroatoms. The second-order valence-electron chi connectivity index (χ2n) is 3.83. The average Bonchev–Trinajstić information content (AvgIpc) is 2.41. The van der Waals surface area contributed by atoms with Crippen molar-refractivity contribution in [2.75, 3.05) is 5.32 Å². The Morgan fingerprint density at radius 2 is 1.53 bits per heavy atom. The summed E-state index contributed by atoms with van der Waals surface area (Å²) in [6.45, 7) is 0. The third-order valence-corrected chi connectivity index (χ3v) is 2.51. The topological polar surface area (TPSA) is 89.5 Å². The zero-order chi connectivity index (χ0) is 13.8. The molecule has 0 unspecified atom stereocenters. The highest BCUT2D eigenvalue weighted by atomic mass is 16.4. The smallest absolute Gasteiger partial charge is 0.336 e. The largest absolute Gasteiger partial charge is 0.872 e. The van der Waals surface area contributed by atoms with Crippen molar-refractivity contribution in [3.05, 3.63) is 59.7 Å². The lowest BCUT2D eigenvalue weighted by Crippen LogP contribution is -2.16. The van der Waals surface area contributed by atoms with Crippen LogP contribution >= 0.6 is 0 Å². The van der Waals surface area contributed by atoms with Gasteiger partial charge in [-0.15, -0.1) is 5.75 Å². The second-order valence-corrected chi connectivity index (χ2v) is 3.83. The van der Waals surface area contributed by atoms with Crippen LogP contribution in [0.3, 0.4) is 0 Å². The lowest BCUT2D eigenvalue weighted by molar-refractivity contribution is -0.268. The molecule has 0 radical (unpaired) electrons. The van der Waals surface area contributed by atoms with Crippen molar-refractivity contribution < 1.29 is 19.8 Å². The zero-order valence-corrected chi connectivity index (χ0v) is 9.79. The van der Waals surface area contributed by atoms with Gasteiger partial charge in [0, 0.05) is 5.69 Å². The van der Waals surface area contributed by atoms with Crippen molar-refractivity contribution in [2.24, 2.45) is 0 Å². The van der Waals surface area contributed by atoms with Crippen LogP contribution in [0.2, 0.25) is 0 Å². The van der Waals surface area contributed by atoms with Crippen molar-refractivity contribution >= 4 is 17.6 Å². The van der Waals surface area contributed by atoms with Gasteiger partial charge in [-0.2, -0.15) is 0 Å². The number of anilines is 1. The molecule has 1 amide bonds. The summed E-state index contributed by atoms with van der Waals surface area (Å²) in [6, 6.07) is 11.5. The number of nitrogens with one attached hydrogen (secondary N) is 1. The van der Waals surface area contributed by atoms with Crippen LogP contribution in [0.15, 0.2) is 48.5 Å². The highest BCUT2D eigenvalue weighted by molar-refractivity contribution is 6.10. The third-order valence-electron chi connectivity index (χ3n) is 2.51. The van der Waals surface area contributed by atoms with Crippen LogP contribution in [0.5, 0.6) is 5.75 Å². The van der Waals surface area contributed by atoms with E-state index in [9.17, 15) is 14.7 Å². The van der Waals surface area contributed by atoms with E-state index in [0.29, 0.717) is 5.69 Å². The molecule has 96 valence electrons. The number of aromatic carboxylic acids is 1. The van der Waals surface area contributed by atoms with Crippen molar-refractivity contribution in [3.63, 3.8) is 0 Å². The van der Waals surface area contributed by atoms with Gasteiger partial charge in [0.05, 0.1) is 11.1 Å². The Hall–Kier alpha value is -2.82. The molecule has 19 heavy (non-hydrogen) atoms. The number of rotatable bonds is 3. The Bertz CT molecular complexity index is 620. The molecule has 2 aromatic rings. The van der Waals surface area contributed by atoms with Gasteiger partial charge in [0.1, 0.15) is 0 Å². The number of benzene rings is 2. The van der Waals surface area contributed by atoms with E-state index in [1.165, 1.54) is 36.4 Å². The average molecular weight is 256 g/mol. The van der Waals surface area contributed by atoms with E-state index in [4.69, 9.17) is 5.11 Å². The highest BCUT2D eigenvalue weighted by Gasteiger charge is 2.15. The molecule has 0 aliphatic heterocycles. The maximum Gasteiger partial charge on any atom is 0.336 e. The fraction of sp³-hybridized carbons (Fsp3) is 0. The summed E-state index contributed by atoms with van der Waals surface area (Å²) >= 11 is 0. The lowest BCUT2D eigenvalue weighted by atomic mass is 10.1. The number of carbonyl (C=O) groups is 2. The number of hydrogen-bond donors (Lipinski definition) is 2. The van der Waals surface area contributed by atoms with E-state index in [2.05, 4.69) is 5.32 Å². The van der Waals surface area contributed by atoms with Gasteiger partial charge in [-0.3, -0.25) is 4.79 Å². The van der Waals surface area contributed by atoms with Crippen LogP contribution in [0.25, 0.3) is 0 Å². The fourth-order valence-electron chi connectivity index (χ4n) is 1.60. The molecule has 0 aliphatic rings. The minimum Gasteiger partial charge on any atom is -0.872 e.